The maximum Gasteiger partial charge on any atom is 0.129 e. The van der Waals surface area contributed by atoms with Crippen LogP contribution in [0.25, 0.3) is 0 Å². The van der Waals surface area contributed by atoms with Gasteiger partial charge < -0.3 is 19.3 Å². The second kappa shape index (κ2) is 8.68. The lowest BCUT2D eigenvalue weighted by Gasteiger charge is -2.44. The van der Waals surface area contributed by atoms with Gasteiger partial charge in [-0.2, -0.15) is 0 Å². The zero-order valence-corrected chi connectivity index (χ0v) is 16.6. The molecule has 0 radical (unpaired) electrons. The molecule has 4 rings (SSSR count). The fourth-order valence-electron chi connectivity index (χ4n) is 3.69. The van der Waals surface area contributed by atoms with Crippen LogP contribution in [-0.4, -0.2) is 18.3 Å². The van der Waals surface area contributed by atoms with Crippen molar-refractivity contribution < 1.29 is 19.3 Å². The van der Waals surface area contributed by atoms with E-state index in [0.29, 0.717) is 37.6 Å². The van der Waals surface area contributed by atoms with Crippen LogP contribution in [0.15, 0.2) is 78.9 Å². The summed E-state index contributed by atoms with van der Waals surface area (Å²) in [7, 11) is 1.63. The molecule has 4 heteroatoms. The van der Waals surface area contributed by atoms with Gasteiger partial charge in [-0.1, -0.05) is 60.7 Å². The first-order valence-electron chi connectivity index (χ1n) is 9.89. The van der Waals surface area contributed by atoms with Crippen LogP contribution in [0.4, 0.5) is 0 Å². The summed E-state index contributed by atoms with van der Waals surface area (Å²) < 4.78 is 17.4. The minimum absolute atomic E-state index is 0.0317. The summed E-state index contributed by atoms with van der Waals surface area (Å²) in [4.78, 5) is 0. The molecule has 1 saturated carbocycles. The van der Waals surface area contributed by atoms with E-state index in [9.17, 15) is 5.11 Å². The lowest BCUT2D eigenvalue weighted by molar-refractivity contribution is -0.150. The Labute approximate surface area is 171 Å². The number of hydrogen-bond donors (Lipinski definition) is 1. The van der Waals surface area contributed by atoms with Gasteiger partial charge in [-0.05, 0) is 23.3 Å². The molecule has 0 heterocycles. The minimum atomic E-state index is -0.945. The van der Waals surface area contributed by atoms with Gasteiger partial charge in [0.15, 0.2) is 0 Å². The standard InChI is InChI=1S/C25H26O4/c1-27-21-12-13-23(24(14-21)29-18-20-10-6-3-7-11-20)25(26)15-22(16-25)28-17-19-8-4-2-5-9-19/h2-14,22,26H,15-18H2,1H3. The molecule has 1 aliphatic carbocycles. The Hall–Kier alpha value is -2.82. The summed E-state index contributed by atoms with van der Waals surface area (Å²) >= 11 is 0. The smallest absolute Gasteiger partial charge is 0.129 e. The highest BCUT2D eigenvalue weighted by Crippen LogP contribution is 2.47. The quantitative estimate of drug-likeness (QED) is 0.598. The Morgan fingerprint density at radius 1 is 0.862 bits per heavy atom. The van der Waals surface area contributed by atoms with Crippen molar-refractivity contribution in [2.45, 2.75) is 37.8 Å². The maximum absolute atomic E-state index is 11.2. The van der Waals surface area contributed by atoms with E-state index in [0.717, 1.165) is 16.7 Å². The predicted molar refractivity (Wildman–Crippen MR) is 112 cm³/mol. The summed E-state index contributed by atoms with van der Waals surface area (Å²) in [6, 6.07) is 25.7. The van der Waals surface area contributed by atoms with Gasteiger partial charge in [0.1, 0.15) is 18.1 Å². The number of aliphatic hydroxyl groups is 1. The number of benzene rings is 3. The van der Waals surface area contributed by atoms with E-state index in [4.69, 9.17) is 14.2 Å². The third kappa shape index (κ3) is 4.61. The average molecular weight is 390 g/mol. The summed E-state index contributed by atoms with van der Waals surface area (Å²) in [5.74, 6) is 1.36. The molecule has 0 spiro atoms. The van der Waals surface area contributed by atoms with Crippen molar-refractivity contribution in [3.63, 3.8) is 0 Å². The molecule has 0 unspecified atom stereocenters. The second-order valence-electron chi connectivity index (χ2n) is 7.49. The topological polar surface area (TPSA) is 47.9 Å². The van der Waals surface area contributed by atoms with Crippen molar-refractivity contribution in [3.8, 4) is 11.5 Å². The molecule has 0 aromatic heterocycles. The monoisotopic (exact) mass is 390 g/mol. The second-order valence-corrected chi connectivity index (χ2v) is 7.49. The molecule has 0 saturated heterocycles. The largest absolute Gasteiger partial charge is 0.497 e. The van der Waals surface area contributed by atoms with E-state index in [1.807, 2.05) is 78.9 Å². The molecule has 1 aliphatic rings. The molecule has 29 heavy (non-hydrogen) atoms. The van der Waals surface area contributed by atoms with Crippen molar-refractivity contribution >= 4 is 0 Å². The van der Waals surface area contributed by atoms with Crippen LogP contribution in [0.5, 0.6) is 11.5 Å². The van der Waals surface area contributed by atoms with Gasteiger partial charge in [-0.25, -0.2) is 0 Å². The first-order valence-corrected chi connectivity index (χ1v) is 9.89. The van der Waals surface area contributed by atoms with E-state index in [1.165, 1.54) is 0 Å². The minimum Gasteiger partial charge on any atom is -0.497 e. The number of ether oxygens (including phenoxy) is 3. The van der Waals surface area contributed by atoms with Crippen LogP contribution in [0.1, 0.15) is 29.5 Å². The Bertz CT molecular complexity index is 918. The molecule has 1 N–H and O–H groups in total. The lowest BCUT2D eigenvalue weighted by atomic mass is 9.72. The highest BCUT2D eigenvalue weighted by atomic mass is 16.5. The van der Waals surface area contributed by atoms with Crippen molar-refractivity contribution in [3.05, 3.63) is 95.6 Å². The third-order valence-corrected chi connectivity index (χ3v) is 5.39. The fourth-order valence-corrected chi connectivity index (χ4v) is 3.69. The summed E-state index contributed by atoms with van der Waals surface area (Å²) in [6.07, 6.45) is 1.13. The van der Waals surface area contributed by atoms with Crippen molar-refractivity contribution in [2.24, 2.45) is 0 Å². The van der Waals surface area contributed by atoms with Gasteiger partial charge in [-0.15, -0.1) is 0 Å². The third-order valence-electron chi connectivity index (χ3n) is 5.39. The van der Waals surface area contributed by atoms with Crippen LogP contribution < -0.4 is 9.47 Å². The van der Waals surface area contributed by atoms with E-state index >= 15 is 0 Å². The molecule has 0 bridgehead atoms. The predicted octanol–water partition coefficient (Wildman–Crippen LogP) is 4.84. The van der Waals surface area contributed by atoms with Gasteiger partial charge >= 0.3 is 0 Å². The molecule has 4 nitrogen and oxygen atoms in total. The van der Waals surface area contributed by atoms with E-state index in [2.05, 4.69) is 0 Å². The molecule has 0 amide bonds. The maximum atomic E-state index is 11.2. The van der Waals surface area contributed by atoms with Gasteiger partial charge in [-0.3, -0.25) is 0 Å². The Morgan fingerprint density at radius 2 is 1.48 bits per heavy atom. The molecular weight excluding hydrogens is 364 g/mol. The van der Waals surface area contributed by atoms with Gasteiger partial charge in [0.25, 0.3) is 0 Å². The highest BCUT2D eigenvalue weighted by Gasteiger charge is 2.46. The van der Waals surface area contributed by atoms with Gasteiger partial charge in [0, 0.05) is 24.5 Å². The van der Waals surface area contributed by atoms with Crippen LogP contribution in [0.3, 0.4) is 0 Å². The van der Waals surface area contributed by atoms with Crippen molar-refractivity contribution in [1.82, 2.24) is 0 Å². The van der Waals surface area contributed by atoms with E-state index in [1.54, 1.807) is 7.11 Å². The molecule has 0 aliphatic heterocycles. The van der Waals surface area contributed by atoms with Crippen LogP contribution in [0.2, 0.25) is 0 Å². The SMILES string of the molecule is COc1ccc(C2(O)CC(OCc3ccccc3)C2)c(OCc2ccccc2)c1. The van der Waals surface area contributed by atoms with Crippen molar-refractivity contribution in [2.75, 3.05) is 7.11 Å². The van der Waals surface area contributed by atoms with Gasteiger partial charge in [0.2, 0.25) is 0 Å². The Balaban J connectivity index is 1.43. The fraction of sp³-hybridized carbons (Fsp3) is 0.280. The average Bonchev–Trinajstić information content (AvgIpc) is 2.75. The zero-order valence-electron chi connectivity index (χ0n) is 16.6. The van der Waals surface area contributed by atoms with Crippen LogP contribution in [-0.2, 0) is 23.6 Å². The number of methoxy groups -OCH3 is 1. The van der Waals surface area contributed by atoms with Crippen LogP contribution in [0, 0.1) is 0 Å². The Morgan fingerprint density at radius 3 is 2.10 bits per heavy atom. The molecule has 3 aromatic carbocycles. The van der Waals surface area contributed by atoms with E-state index < -0.39 is 5.60 Å². The normalized spacial score (nSPS) is 20.7. The molecule has 1 fully saturated rings. The first kappa shape index (κ1) is 19.5. The number of hydrogen-bond acceptors (Lipinski definition) is 4. The summed E-state index contributed by atoms with van der Waals surface area (Å²) in [5, 5.41) is 11.2. The zero-order chi connectivity index (χ0) is 20.1. The van der Waals surface area contributed by atoms with Crippen LogP contribution >= 0.6 is 0 Å². The summed E-state index contributed by atoms with van der Waals surface area (Å²) in [6.45, 7) is 0.993. The summed E-state index contributed by atoms with van der Waals surface area (Å²) in [5.41, 5.74) is 2.05. The van der Waals surface area contributed by atoms with E-state index in [-0.39, 0.29) is 6.10 Å². The van der Waals surface area contributed by atoms with Gasteiger partial charge in [0.05, 0.1) is 25.4 Å². The molecule has 0 atom stereocenters. The number of rotatable bonds is 8. The molecule has 3 aromatic rings. The highest BCUT2D eigenvalue weighted by molar-refractivity contribution is 5.45. The molecule has 150 valence electrons. The molecular formula is C25H26O4. The van der Waals surface area contributed by atoms with Crippen molar-refractivity contribution in [1.29, 1.82) is 0 Å². The Kier molecular flexibility index (Phi) is 5.84. The first-order chi connectivity index (χ1) is 14.2. The lowest BCUT2D eigenvalue weighted by Crippen LogP contribution is -2.46.